The summed E-state index contributed by atoms with van der Waals surface area (Å²) >= 11 is 0. The van der Waals surface area contributed by atoms with Gasteiger partial charge in [-0.15, -0.1) is 0 Å². The number of likely N-dealkylation sites (tertiary alicyclic amines) is 1. The SMILES string of the molecule is COC[C@@H]1CN(C(=O)CCc2c(C)noc2C)C[C@H]1c1ccncc1. The Balaban J connectivity index is 1.65. The van der Waals surface area contributed by atoms with Crippen molar-refractivity contribution in [3.8, 4) is 0 Å². The summed E-state index contributed by atoms with van der Waals surface area (Å²) in [7, 11) is 1.71. The minimum Gasteiger partial charge on any atom is -0.384 e. The third-order valence-electron chi connectivity index (χ3n) is 5.08. The van der Waals surface area contributed by atoms with E-state index in [1.165, 1.54) is 5.56 Å². The summed E-state index contributed by atoms with van der Waals surface area (Å²) in [4.78, 5) is 18.8. The molecule has 134 valence electrons. The second-order valence-corrected chi connectivity index (χ2v) is 6.70. The van der Waals surface area contributed by atoms with Crippen LogP contribution in [0.2, 0.25) is 0 Å². The Labute approximate surface area is 148 Å². The molecule has 2 aromatic rings. The van der Waals surface area contributed by atoms with Crippen LogP contribution in [-0.2, 0) is 16.0 Å². The summed E-state index contributed by atoms with van der Waals surface area (Å²) in [6.07, 6.45) is 4.76. The number of methoxy groups -OCH3 is 1. The highest BCUT2D eigenvalue weighted by atomic mass is 16.5. The van der Waals surface area contributed by atoms with Crippen molar-refractivity contribution >= 4 is 5.91 Å². The standard InChI is InChI=1S/C19H25N3O3/c1-13-17(14(2)25-21-13)4-5-19(23)22-10-16(12-24-3)18(11-22)15-6-8-20-9-7-15/h6-9,16,18H,4-5,10-12H2,1-3H3/t16-,18-/m0/s1. The number of aromatic nitrogens is 2. The van der Waals surface area contributed by atoms with Crippen LogP contribution in [0.1, 0.15) is 34.9 Å². The monoisotopic (exact) mass is 343 g/mol. The maximum absolute atomic E-state index is 12.7. The summed E-state index contributed by atoms with van der Waals surface area (Å²) < 4.78 is 10.6. The van der Waals surface area contributed by atoms with Crippen LogP contribution in [0.4, 0.5) is 0 Å². The highest BCUT2D eigenvalue weighted by Crippen LogP contribution is 2.33. The Kier molecular flexibility index (Phi) is 5.48. The number of hydrogen-bond acceptors (Lipinski definition) is 5. The van der Waals surface area contributed by atoms with Gasteiger partial charge in [-0.1, -0.05) is 5.16 Å². The topological polar surface area (TPSA) is 68.5 Å². The van der Waals surface area contributed by atoms with Crippen molar-refractivity contribution in [2.24, 2.45) is 5.92 Å². The molecule has 3 rings (SSSR count). The van der Waals surface area contributed by atoms with E-state index in [-0.39, 0.29) is 5.91 Å². The van der Waals surface area contributed by atoms with Crippen LogP contribution in [0.3, 0.4) is 0 Å². The van der Waals surface area contributed by atoms with Crippen molar-refractivity contribution in [3.05, 3.63) is 47.1 Å². The van der Waals surface area contributed by atoms with Crippen molar-refractivity contribution in [1.82, 2.24) is 15.0 Å². The minimum atomic E-state index is 0.178. The number of nitrogens with zero attached hydrogens (tertiary/aromatic N) is 3. The van der Waals surface area contributed by atoms with Crippen LogP contribution in [0.25, 0.3) is 0 Å². The summed E-state index contributed by atoms with van der Waals surface area (Å²) in [5.74, 6) is 1.60. The van der Waals surface area contributed by atoms with Gasteiger partial charge in [-0.2, -0.15) is 0 Å². The maximum Gasteiger partial charge on any atom is 0.222 e. The summed E-state index contributed by atoms with van der Waals surface area (Å²) in [5, 5.41) is 3.96. The molecule has 6 nitrogen and oxygen atoms in total. The van der Waals surface area contributed by atoms with E-state index in [0.717, 1.165) is 30.1 Å². The van der Waals surface area contributed by atoms with Gasteiger partial charge in [0.2, 0.25) is 5.91 Å². The molecule has 0 aromatic carbocycles. The van der Waals surface area contributed by atoms with Crippen LogP contribution in [-0.4, -0.2) is 47.8 Å². The number of pyridine rings is 1. The molecule has 6 heteroatoms. The van der Waals surface area contributed by atoms with E-state index in [1.807, 2.05) is 30.9 Å². The Morgan fingerprint density at radius 1 is 1.32 bits per heavy atom. The predicted octanol–water partition coefficient (Wildman–Crippen LogP) is 2.51. The van der Waals surface area contributed by atoms with E-state index in [2.05, 4.69) is 10.1 Å². The smallest absolute Gasteiger partial charge is 0.222 e. The fourth-order valence-corrected chi connectivity index (χ4v) is 3.69. The second-order valence-electron chi connectivity index (χ2n) is 6.70. The van der Waals surface area contributed by atoms with Gasteiger partial charge >= 0.3 is 0 Å². The second kappa shape index (κ2) is 7.78. The first-order valence-corrected chi connectivity index (χ1v) is 8.68. The van der Waals surface area contributed by atoms with Crippen molar-refractivity contribution in [2.45, 2.75) is 32.6 Å². The lowest BCUT2D eigenvalue weighted by molar-refractivity contribution is -0.130. The largest absolute Gasteiger partial charge is 0.384 e. The molecule has 0 spiro atoms. The zero-order chi connectivity index (χ0) is 17.8. The Bertz CT molecular complexity index is 694. The molecule has 0 saturated carbocycles. The number of ether oxygens (including phenoxy) is 1. The van der Waals surface area contributed by atoms with E-state index in [1.54, 1.807) is 19.5 Å². The number of amides is 1. The van der Waals surface area contributed by atoms with E-state index >= 15 is 0 Å². The van der Waals surface area contributed by atoms with Gasteiger partial charge in [0, 0.05) is 56.4 Å². The van der Waals surface area contributed by atoms with Crippen LogP contribution in [0.5, 0.6) is 0 Å². The number of hydrogen-bond donors (Lipinski definition) is 0. The Hall–Kier alpha value is -2.21. The summed E-state index contributed by atoms with van der Waals surface area (Å²) in [6, 6.07) is 4.07. The molecule has 0 radical (unpaired) electrons. The lowest BCUT2D eigenvalue weighted by atomic mass is 9.90. The Morgan fingerprint density at radius 2 is 2.08 bits per heavy atom. The molecule has 1 aliphatic heterocycles. The van der Waals surface area contributed by atoms with Gasteiger partial charge in [-0.25, -0.2) is 0 Å². The maximum atomic E-state index is 12.7. The van der Waals surface area contributed by atoms with Gasteiger partial charge < -0.3 is 14.2 Å². The molecule has 25 heavy (non-hydrogen) atoms. The molecule has 0 N–H and O–H groups in total. The van der Waals surface area contributed by atoms with Gasteiger partial charge in [-0.05, 0) is 38.0 Å². The highest BCUT2D eigenvalue weighted by molar-refractivity contribution is 5.77. The van der Waals surface area contributed by atoms with Crippen molar-refractivity contribution in [2.75, 3.05) is 26.8 Å². The van der Waals surface area contributed by atoms with Crippen LogP contribution in [0, 0.1) is 19.8 Å². The molecular weight excluding hydrogens is 318 g/mol. The van der Waals surface area contributed by atoms with Gasteiger partial charge in [0.1, 0.15) is 5.76 Å². The molecule has 3 heterocycles. The van der Waals surface area contributed by atoms with Crippen molar-refractivity contribution in [1.29, 1.82) is 0 Å². The minimum absolute atomic E-state index is 0.178. The molecule has 1 fully saturated rings. The van der Waals surface area contributed by atoms with Gasteiger partial charge in [0.15, 0.2) is 0 Å². The molecule has 2 aromatic heterocycles. The number of aryl methyl sites for hydroxylation is 2. The third-order valence-corrected chi connectivity index (χ3v) is 5.08. The third kappa shape index (κ3) is 3.90. The van der Waals surface area contributed by atoms with Crippen LogP contribution < -0.4 is 0 Å². The summed E-state index contributed by atoms with van der Waals surface area (Å²) in [6.45, 7) is 5.93. The number of rotatable bonds is 6. The normalized spacial score (nSPS) is 20.2. The van der Waals surface area contributed by atoms with Gasteiger partial charge in [-0.3, -0.25) is 9.78 Å². The molecule has 0 unspecified atom stereocenters. The molecule has 2 atom stereocenters. The fourth-order valence-electron chi connectivity index (χ4n) is 3.69. The number of carbonyl (C=O) groups excluding carboxylic acids is 1. The van der Waals surface area contributed by atoms with Gasteiger partial charge in [0.05, 0.1) is 12.3 Å². The molecule has 0 bridgehead atoms. The quantitative estimate of drug-likeness (QED) is 0.806. The van der Waals surface area contributed by atoms with E-state index in [9.17, 15) is 4.79 Å². The Morgan fingerprint density at radius 3 is 2.72 bits per heavy atom. The molecule has 1 saturated heterocycles. The van der Waals surface area contributed by atoms with Crippen LogP contribution in [0.15, 0.2) is 29.0 Å². The lowest BCUT2D eigenvalue weighted by Gasteiger charge is -2.17. The first-order chi connectivity index (χ1) is 12.1. The molecule has 0 aliphatic carbocycles. The molecule has 1 aliphatic rings. The summed E-state index contributed by atoms with van der Waals surface area (Å²) in [5.41, 5.74) is 3.14. The zero-order valence-electron chi connectivity index (χ0n) is 15.1. The average molecular weight is 343 g/mol. The lowest BCUT2D eigenvalue weighted by Crippen LogP contribution is -2.29. The average Bonchev–Trinajstić information content (AvgIpc) is 3.18. The van der Waals surface area contributed by atoms with E-state index in [0.29, 0.717) is 31.3 Å². The predicted molar refractivity (Wildman–Crippen MR) is 93.2 cm³/mol. The number of carbonyl (C=O) groups is 1. The zero-order valence-corrected chi connectivity index (χ0v) is 15.1. The first kappa shape index (κ1) is 17.6. The molecular formula is C19H25N3O3. The first-order valence-electron chi connectivity index (χ1n) is 8.68. The van der Waals surface area contributed by atoms with Crippen molar-refractivity contribution < 1.29 is 14.1 Å². The van der Waals surface area contributed by atoms with Crippen molar-refractivity contribution in [3.63, 3.8) is 0 Å². The fraction of sp³-hybridized carbons (Fsp3) is 0.526. The van der Waals surface area contributed by atoms with Crippen LogP contribution >= 0.6 is 0 Å². The van der Waals surface area contributed by atoms with Gasteiger partial charge in [0.25, 0.3) is 0 Å². The van der Waals surface area contributed by atoms with E-state index in [4.69, 9.17) is 9.26 Å². The van der Waals surface area contributed by atoms with E-state index < -0.39 is 0 Å². The highest BCUT2D eigenvalue weighted by Gasteiger charge is 2.35. The molecule has 1 amide bonds.